The maximum atomic E-state index is 10.4. The number of carboxylic acid groups (broad SMARTS) is 1. The van der Waals surface area contributed by atoms with Crippen molar-refractivity contribution in [1.29, 1.82) is 5.26 Å². The molecule has 0 spiro atoms. The number of benzene rings is 1. The van der Waals surface area contributed by atoms with Crippen molar-refractivity contribution in [1.82, 2.24) is 0 Å². The average molecular weight is 191 g/mol. The van der Waals surface area contributed by atoms with Crippen LogP contribution in [-0.4, -0.2) is 11.1 Å². The molecule has 5 N–H and O–H groups in total. The van der Waals surface area contributed by atoms with Crippen LogP contribution < -0.4 is 11.5 Å². The Kier molecular flexibility index (Phi) is 2.58. The van der Waals surface area contributed by atoms with E-state index in [1.54, 1.807) is 0 Å². The first-order valence-electron chi connectivity index (χ1n) is 3.84. The normalized spacial score (nSPS) is 9.36. The molecule has 0 atom stereocenters. The van der Waals surface area contributed by atoms with Gasteiger partial charge in [-0.25, -0.2) is 0 Å². The molecule has 0 radical (unpaired) electrons. The molecule has 72 valence electrons. The van der Waals surface area contributed by atoms with E-state index >= 15 is 0 Å². The van der Waals surface area contributed by atoms with Crippen LogP contribution in [0, 0.1) is 11.3 Å². The summed E-state index contributed by atoms with van der Waals surface area (Å²) in [6.07, 6.45) is -0.208. The minimum absolute atomic E-state index is 0.208. The van der Waals surface area contributed by atoms with Crippen molar-refractivity contribution >= 4 is 17.3 Å². The Bertz CT molecular complexity index is 421. The van der Waals surface area contributed by atoms with Gasteiger partial charge in [-0.1, -0.05) is 0 Å². The second-order valence-corrected chi connectivity index (χ2v) is 2.82. The average Bonchev–Trinajstić information content (AvgIpc) is 2.09. The van der Waals surface area contributed by atoms with Gasteiger partial charge in [0.05, 0.1) is 17.7 Å². The van der Waals surface area contributed by atoms with Gasteiger partial charge in [-0.2, -0.15) is 5.26 Å². The maximum absolute atomic E-state index is 10.4. The number of carboxylic acids is 1. The molecule has 0 bridgehead atoms. The highest BCUT2D eigenvalue weighted by Gasteiger charge is 2.08. The predicted octanol–water partition coefficient (Wildman–Crippen LogP) is 0.350. The highest BCUT2D eigenvalue weighted by molar-refractivity contribution is 5.75. The van der Waals surface area contributed by atoms with Crippen LogP contribution in [0.2, 0.25) is 0 Å². The van der Waals surface area contributed by atoms with E-state index in [1.165, 1.54) is 12.1 Å². The monoisotopic (exact) mass is 191 g/mol. The number of nitrogens with two attached hydrogens (primary N) is 2. The lowest BCUT2D eigenvalue weighted by Gasteiger charge is -2.05. The van der Waals surface area contributed by atoms with Crippen LogP contribution in [0.15, 0.2) is 12.1 Å². The van der Waals surface area contributed by atoms with Crippen molar-refractivity contribution < 1.29 is 9.90 Å². The molecule has 0 aliphatic heterocycles. The van der Waals surface area contributed by atoms with Crippen molar-refractivity contribution in [3.8, 4) is 6.07 Å². The van der Waals surface area contributed by atoms with Crippen molar-refractivity contribution in [3.05, 3.63) is 23.3 Å². The summed E-state index contributed by atoms with van der Waals surface area (Å²) in [6.45, 7) is 0. The van der Waals surface area contributed by atoms with Crippen LogP contribution in [0.3, 0.4) is 0 Å². The van der Waals surface area contributed by atoms with Gasteiger partial charge < -0.3 is 16.6 Å². The van der Waals surface area contributed by atoms with E-state index in [1.807, 2.05) is 6.07 Å². The Labute approximate surface area is 80.6 Å². The molecule has 5 heteroatoms. The number of aliphatic carboxylic acids is 1. The zero-order valence-corrected chi connectivity index (χ0v) is 7.32. The van der Waals surface area contributed by atoms with Crippen LogP contribution in [-0.2, 0) is 11.2 Å². The molecule has 1 rings (SSSR count). The summed E-state index contributed by atoms with van der Waals surface area (Å²) in [4.78, 5) is 10.4. The fraction of sp³-hybridized carbons (Fsp3) is 0.111. The Morgan fingerprint density at radius 3 is 2.57 bits per heavy atom. The lowest BCUT2D eigenvalue weighted by molar-refractivity contribution is -0.136. The number of nitrogen functional groups attached to an aromatic ring is 2. The summed E-state index contributed by atoms with van der Waals surface area (Å²) in [6, 6.07) is 4.66. The highest BCUT2D eigenvalue weighted by Crippen LogP contribution is 2.20. The Balaban J connectivity index is 3.19. The second-order valence-electron chi connectivity index (χ2n) is 2.82. The quantitative estimate of drug-likeness (QED) is 0.583. The fourth-order valence-corrected chi connectivity index (χ4v) is 1.09. The SMILES string of the molecule is N#Cc1cc(CC(=O)O)c(N)cc1N. The first-order chi connectivity index (χ1) is 6.54. The molecule has 0 fully saturated rings. The Hall–Kier alpha value is -2.22. The topological polar surface area (TPSA) is 113 Å². The summed E-state index contributed by atoms with van der Waals surface area (Å²) >= 11 is 0. The number of carbonyl (C=O) groups is 1. The van der Waals surface area contributed by atoms with Crippen LogP contribution >= 0.6 is 0 Å². The number of hydrogen-bond acceptors (Lipinski definition) is 4. The van der Waals surface area contributed by atoms with Gasteiger partial charge in [0.25, 0.3) is 0 Å². The van der Waals surface area contributed by atoms with Crippen molar-refractivity contribution in [3.63, 3.8) is 0 Å². The molecule has 0 amide bonds. The van der Waals surface area contributed by atoms with Gasteiger partial charge in [-0.3, -0.25) is 4.79 Å². The van der Waals surface area contributed by atoms with Crippen molar-refractivity contribution in [2.24, 2.45) is 0 Å². The van der Waals surface area contributed by atoms with Gasteiger partial charge in [0, 0.05) is 5.69 Å². The molecular weight excluding hydrogens is 182 g/mol. The summed E-state index contributed by atoms with van der Waals surface area (Å²) in [7, 11) is 0. The van der Waals surface area contributed by atoms with E-state index < -0.39 is 5.97 Å². The van der Waals surface area contributed by atoms with Crippen LogP contribution in [0.4, 0.5) is 11.4 Å². The van der Waals surface area contributed by atoms with E-state index in [4.69, 9.17) is 21.8 Å². The van der Waals surface area contributed by atoms with Gasteiger partial charge in [-0.15, -0.1) is 0 Å². The lowest BCUT2D eigenvalue weighted by Crippen LogP contribution is -2.05. The molecule has 5 nitrogen and oxygen atoms in total. The smallest absolute Gasteiger partial charge is 0.307 e. The van der Waals surface area contributed by atoms with Crippen LogP contribution in [0.1, 0.15) is 11.1 Å². The summed E-state index contributed by atoms with van der Waals surface area (Å²) in [5, 5.41) is 17.2. The highest BCUT2D eigenvalue weighted by atomic mass is 16.4. The van der Waals surface area contributed by atoms with E-state index in [2.05, 4.69) is 0 Å². The van der Waals surface area contributed by atoms with Gasteiger partial charge in [0.2, 0.25) is 0 Å². The van der Waals surface area contributed by atoms with Gasteiger partial charge in [0.15, 0.2) is 0 Å². The first-order valence-corrected chi connectivity index (χ1v) is 3.84. The second kappa shape index (κ2) is 3.66. The third kappa shape index (κ3) is 1.93. The fourth-order valence-electron chi connectivity index (χ4n) is 1.09. The number of nitriles is 1. The number of anilines is 2. The molecule has 1 aromatic rings. The largest absolute Gasteiger partial charge is 0.481 e. The molecule has 0 saturated heterocycles. The first kappa shape index (κ1) is 9.86. The molecule has 0 heterocycles. The van der Waals surface area contributed by atoms with E-state index in [9.17, 15) is 4.79 Å². The summed E-state index contributed by atoms with van der Waals surface area (Å²) in [5.41, 5.74) is 12.2. The summed E-state index contributed by atoms with van der Waals surface area (Å²) < 4.78 is 0. The van der Waals surface area contributed by atoms with Gasteiger partial charge >= 0.3 is 5.97 Å². The van der Waals surface area contributed by atoms with Crippen LogP contribution in [0.5, 0.6) is 0 Å². The third-order valence-electron chi connectivity index (χ3n) is 1.77. The predicted molar refractivity (Wildman–Crippen MR) is 51.3 cm³/mol. The molecule has 0 aliphatic rings. The molecule has 0 aromatic heterocycles. The molecule has 0 saturated carbocycles. The minimum Gasteiger partial charge on any atom is -0.481 e. The molecule has 14 heavy (non-hydrogen) atoms. The van der Waals surface area contributed by atoms with Crippen molar-refractivity contribution in [2.75, 3.05) is 11.5 Å². The van der Waals surface area contributed by atoms with E-state index in [0.29, 0.717) is 11.3 Å². The Morgan fingerprint density at radius 2 is 2.07 bits per heavy atom. The van der Waals surface area contributed by atoms with E-state index in [0.717, 1.165) is 0 Å². The third-order valence-corrected chi connectivity index (χ3v) is 1.77. The number of rotatable bonds is 2. The molecule has 0 unspecified atom stereocenters. The standard InChI is InChI=1S/C9H9N3O2/c10-4-6-1-5(2-9(13)14)7(11)3-8(6)12/h1,3H,2,11-12H2,(H,13,14). The molecule has 1 aromatic carbocycles. The van der Waals surface area contributed by atoms with Crippen LogP contribution in [0.25, 0.3) is 0 Å². The molecular formula is C9H9N3O2. The van der Waals surface area contributed by atoms with Crippen molar-refractivity contribution in [2.45, 2.75) is 6.42 Å². The Morgan fingerprint density at radius 1 is 1.43 bits per heavy atom. The maximum Gasteiger partial charge on any atom is 0.307 e. The zero-order chi connectivity index (χ0) is 10.7. The summed E-state index contributed by atoms with van der Waals surface area (Å²) in [5.74, 6) is -0.995. The molecule has 0 aliphatic carbocycles. The lowest BCUT2D eigenvalue weighted by atomic mass is 10.0. The van der Waals surface area contributed by atoms with Gasteiger partial charge in [-0.05, 0) is 17.7 Å². The number of hydrogen-bond donors (Lipinski definition) is 3. The van der Waals surface area contributed by atoms with E-state index in [-0.39, 0.29) is 17.7 Å². The minimum atomic E-state index is -0.995. The number of nitrogens with zero attached hydrogens (tertiary/aromatic N) is 1. The zero-order valence-electron chi connectivity index (χ0n) is 7.32. The van der Waals surface area contributed by atoms with Gasteiger partial charge in [0.1, 0.15) is 6.07 Å².